The van der Waals surface area contributed by atoms with Gasteiger partial charge in [0.05, 0.1) is 13.2 Å². The van der Waals surface area contributed by atoms with Crippen molar-refractivity contribution in [1.29, 1.82) is 0 Å². The van der Waals surface area contributed by atoms with Gasteiger partial charge in [-0.05, 0) is 30.5 Å². The minimum atomic E-state index is 0.645. The monoisotopic (exact) mass is 336 g/mol. The normalized spacial score (nSPS) is 11.4. The van der Waals surface area contributed by atoms with Gasteiger partial charge >= 0.3 is 0 Å². The van der Waals surface area contributed by atoms with Gasteiger partial charge in [-0.3, -0.25) is 4.99 Å². The first-order valence-electron chi connectivity index (χ1n) is 8.45. The third kappa shape index (κ3) is 8.74. The second kappa shape index (κ2) is 12.6. The molecule has 0 aliphatic rings. The largest absolute Gasteiger partial charge is 0.382 e. The molecule has 0 saturated carbocycles. The number of aliphatic imine (C=N–C) groups is 1. The Morgan fingerprint density at radius 2 is 1.75 bits per heavy atom. The van der Waals surface area contributed by atoms with Crippen LogP contribution in [0.1, 0.15) is 12.0 Å². The summed E-state index contributed by atoms with van der Waals surface area (Å²) in [5, 5.41) is 6.63. The van der Waals surface area contributed by atoms with E-state index in [2.05, 4.69) is 58.9 Å². The van der Waals surface area contributed by atoms with Crippen LogP contribution >= 0.6 is 0 Å². The second-order valence-corrected chi connectivity index (χ2v) is 5.70. The second-order valence-electron chi connectivity index (χ2n) is 5.70. The third-order valence-electron chi connectivity index (χ3n) is 3.57. The fourth-order valence-electron chi connectivity index (χ4n) is 2.13. The van der Waals surface area contributed by atoms with Gasteiger partial charge in [0.1, 0.15) is 0 Å². The number of anilines is 1. The molecule has 1 aromatic carbocycles. The fraction of sp³-hybridized carbons (Fsp3) is 0.611. The van der Waals surface area contributed by atoms with E-state index in [9.17, 15) is 0 Å². The van der Waals surface area contributed by atoms with Crippen LogP contribution in [-0.2, 0) is 15.9 Å². The van der Waals surface area contributed by atoms with Crippen molar-refractivity contribution in [1.82, 2.24) is 10.6 Å². The van der Waals surface area contributed by atoms with Gasteiger partial charge < -0.3 is 25.0 Å². The van der Waals surface area contributed by atoms with E-state index < -0.39 is 0 Å². The summed E-state index contributed by atoms with van der Waals surface area (Å²) >= 11 is 0. The molecule has 0 aromatic heterocycles. The van der Waals surface area contributed by atoms with Crippen LogP contribution < -0.4 is 15.5 Å². The quantitative estimate of drug-likeness (QED) is 0.364. The first kappa shape index (κ1) is 20.3. The lowest BCUT2D eigenvalue weighted by Crippen LogP contribution is -2.39. The number of nitrogens with one attached hydrogen (secondary N) is 2. The average molecular weight is 336 g/mol. The molecule has 1 aromatic rings. The van der Waals surface area contributed by atoms with E-state index in [1.807, 2.05) is 0 Å². The highest BCUT2D eigenvalue weighted by Crippen LogP contribution is 2.12. The summed E-state index contributed by atoms with van der Waals surface area (Å²) in [4.78, 5) is 6.33. The minimum Gasteiger partial charge on any atom is -0.382 e. The molecule has 0 bridgehead atoms. The summed E-state index contributed by atoms with van der Waals surface area (Å²) in [6.45, 7) is 3.71. The molecule has 0 aliphatic heterocycles. The van der Waals surface area contributed by atoms with Crippen molar-refractivity contribution in [3.8, 4) is 0 Å². The smallest absolute Gasteiger partial charge is 0.190 e. The number of nitrogens with zero attached hydrogens (tertiary/aromatic N) is 2. The first-order valence-corrected chi connectivity index (χ1v) is 8.45. The Balaban J connectivity index is 2.15. The van der Waals surface area contributed by atoms with Crippen LogP contribution in [0.25, 0.3) is 0 Å². The van der Waals surface area contributed by atoms with Crippen molar-refractivity contribution in [3.05, 3.63) is 29.8 Å². The van der Waals surface area contributed by atoms with E-state index in [-0.39, 0.29) is 0 Å². The molecule has 6 heteroatoms. The maximum atomic E-state index is 5.43. The highest BCUT2D eigenvalue weighted by atomic mass is 16.5. The zero-order chi connectivity index (χ0) is 17.6. The molecule has 6 nitrogen and oxygen atoms in total. The van der Waals surface area contributed by atoms with Crippen molar-refractivity contribution in [2.45, 2.75) is 12.8 Å². The number of hydrogen-bond acceptors (Lipinski definition) is 4. The lowest BCUT2D eigenvalue weighted by atomic mass is 10.1. The van der Waals surface area contributed by atoms with Crippen LogP contribution in [0.5, 0.6) is 0 Å². The molecule has 136 valence electrons. The molecule has 0 unspecified atom stereocenters. The number of methoxy groups -OCH3 is 1. The predicted molar refractivity (Wildman–Crippen MR) is 101 cm³/mol. The molecule has 0 saturated heterocycles. The first-order chi connectivity index (χ1) is 11.7. The third-order valence-corrected chi connectivity index (χ3v) is 3.57. The van der Waals surface area contributed by atoms with Gasteiger partial charge in [-0.15, -0.1) is 0 Å². The van der Waals surface area contributed by atoms with Crippen LogP contribution in [0.3, 0.4) is 0 Å². The van der Waals surface area contributed by atoms with Gasteiger partial charge in [-0.1, -0.05) is 12.1 Å². The summed E-state index contributed by atoms with van der Waals surface area (Å²) in [6, 6.07) is 8.63. The molecule has 1 rings (SSSR count). The van der Waals surface area contributed by atoms with Crippen molar-refractivity contribution >= 4 is 11.6 Å². The zero-order valence-corrected chi connectivity index (χ0v) is 15.5. The van der Waals surface area contributed by atoms with Crippen LogP contribution in [-0.4, -0.2) is 67.1 Å². The van der Waals surface area contributed by atoms with Gasteiger partial charge in [-0.25, -0.2) is 0 Å². The van der Waals surface area contributed by atoms with Gasteiger partial charge in [0.15, 0.2) is 5.96 Å². The summed E-state index contributed by atoms with van der Waals surface area (Å²) in [5.74, 6) is 0.830. The van der Waals surface area contributed by atoms with Gasteiger partial charge in [0.2, 0.25) is 0 Å². The average Bonchev–Trinajstić information content (AvgIpc) is 2.59. The van der Waals surface area contributed by atoms with E-state index in [0.29, 0.717) is 13.2 Å². The van der Waals surface area contributed by atoms with Crippen molar-refractivity contribution < 1.29 is 9.47 Å². The number of guanidine groups is 1. The molecule has 0 aliphatic carbocycles. The lowest BCUT2D eigenvalue weighted by Gasteiger charge is -2.14. The molecular weight excluding hydrogens is 304 g/mol. The van der Waals surface area contributed by atoms with E-state index in [1.165, 1.54) is 11.3 Å². The van der Waals surface area contributed by atoms with Crippen molar-refractivity contribution in [2.24, 2.45) is 4.99 Å². The van der Waals surface area contributed by atoms with Crippen molar-refractivity contribution in [2.75, 3.05) is 66.1 Å². The maximum Gasteiger partial charge on any atom is 0.190 e. The molecule has 0 amide bonds. The van der Waals surface area contributed by atoms with Crippen molar-refractivity contribution in [3.63, 3.8) is 0 Å². The molecule has 24 heavy (non-hydrogen) atoms. The number of benzene rings is 1. The van der Waals surface area contributed by atoms with E-state index in [0.717, 1.165) is 38.5 Å². The highest BCUT2D eigenvalue weighted by molar-refractivity contribution is 5.79. The molecule has 0 atom stereocenters. The van der Waals surface area contributed by atoms with Crippen LogP contribution in [0, 0.1) is 0 Å². The Bertz CT molecular complexity index is 461. The Morgan fingerprint density at radius 3 is 2.38 bits per heavy atom. The van der Waals surface area contributed by atoms with E-state index >= 15 is 0 Å². The highest BCUT2D eigenvalue weighted by Gasteiger charge is 1.99. The Morgan fingerprint density at radius 1 is 1.04 bits per heavy atom. The SMILES string of the molecule is CN=C(NCCCOCCOC)NCCc1ccc(N(C)C)cc1. The van der Waals surface area contributed by atoms with Gasteiger partial charge in [0.25, 0.3) is 0 Å². The summed E-state index contributed by atoms with van der Waals surface area (Å²) in [6.07, 6.45) is 1.91. The molecule has 0 fully saturated rings. The molecule has 2 N–H and O–H groups in total. The number of hydrogen-bond donors (Lipinski definition) is 2. The Hall–Kier alpha value is -1.79. The van der Waals surface area contributed by atoms with Crippen LogP contribution in [0.15, 0.2) is 29.3 Å². The number of ether oxygens (including phenoxy) is 2. The minimum absolute atomic E-state index is 0.645. The Kier molecular flexibility index (Phi) is 10.6. The Labute approximate surface area is 146 Å². The lowest BCUT2D eigenvalue weighted by molar-refractivity contribution is 0.0698. The fourth-order valence-corrected chi connectivity index (χ4v) is 2.13. The van der Waals surface area contributed by atoms with E-state index in [1.54, 1.807) is 14.2 Å². The summed E-state index contributed by atoms with van der Waals surface area (Å²) < 4.78 is 10.4. The summed E-state index contributed by atoms with van der Waals surface area (Å²) in [7, 11) is 7.57. The van der Waals surface area contributed by atoms with Gasteiger partial charge in [-0.2, -0.15) is 0 Å². The topological polar surface area (TPSA) is 58.1 Å². The van der Waals surface area contributed by atoms with Crippen LogP contribution in [0.2, 0.25) is 0 Å². The zero-order valence-electron chi connectivity index (χ0n) is 15.5. The molecule has 0 heterocycles. The summed E-state index contributed by atoms with van der Waals surface area (Å²) in [5.41, 5.74) is 2.53. The van der Waals surface area contributed by atoms with Crippen LogP contribution in [0.4, 0.5) is 5.69 Å². The number of rotatable bonds is 11. The molecular formula is C18H32N4O2. The predicted octanol–water partition coefficient (Wildman–Crippen LogP) is 1.51. The standard InChI is InChI=1S/C18H32N4O2/c1-19-18(20-11-5-13-24-15-14-23-4)21-12-10-16-6-8-17(9-7-16)22(2)3/h6-9H,5,10-15H2,1-4H3,(H2,19,20,21). The molecule has 0 spiro atoms. The maximum absolute atomic E-state index is 5.43. The molecule has 0 radical (unpaired) electrons. The van der Waals surface area contributed by atoms with E-state index in [4.69, 9.17) is 9.47 Å². The van der Waals surface area contributed by atoms with Gasteiger partial charge in [0, 0.05) is 53.6 Å².